The van der Waals surface area contributed by atoms with E-state index in [1.54, 1.807) is 0 Å². The summed E-state index contributed by atoms with van der Waals surface area (Å²) in [5.41, 5.74) is 0. The summed E-state index contributed by atoms with van der Waals surface area (Å²) in [6.07, 6.45) is 4.92. The van der Waals surface area contributed by atoms with Crippen LogP contribution in [0.25, 0.3) is 0 Å². The van der Waals surface area contributed by atoms with Crippen LogP contribution in [0.1, 0.15) is 44.3 Å². The van der Waals surface area contributed by atoms with E-state index in [9.17, 15) is 0 Å². The second-order valence-electron chi connectivity index (χ2n) is 4.95. The molecule has 1 aliphatic carbocycles. The quantitative estimate of drug-likeness (QED) is 0.845. The summed E-state index contributed by atoms with van der Waals surface area (Å²) in [4.78, 5) is 4.57. The summed E-state index contributed by atoms with van der Waals surface area (Å²) >= 11 is 1.52. The van der Waals surface area contributed by atoms with E-state index < -0.39 is 0 Å². The third-order valence-electron chi connectivity index (χ3n) is 3.34. The lowest BCUT2D eigenvalue weighted by molar-refractivity contribution is 0.396. The topological polar surface area (TPSA) is 49.8 Å². The number of rotatable bonds is 3. The van der Waals surface area contributed by atoms with Crippen LogP contribution in [0.5, 0.6) is 0 Å². The van der Waals surface area contributed by atoms with Crippen LogP contribution in [0.4, 0.5) is 5.13 Å². The molecule has 16 heavy (non-hydrogen) atoms. The third kappa shape index (κ3) is 2.35. The maximum absolute atomic E-state index is 4.57. The maximum Gasteiger partial charge on any atom is 0.202 e. The van der Waals surface area contributed by atoms with Gasteiger partial charge in [0.1, 0.15) is 5.82 Å². The van der Waals surface area contributed by atoms with Crippen molar-refractivity contribution in [1.29, 1.82) is 0 Å². The van der Waals surface area contributed by atoms with Gasteiger partial charge >= 0.3 is 0 Å². The standard InChI is InChI=1S/C11H18N4S/c1-7-6-9(4-5-12-7)13-11-14-10(15-16-11)8-2-3-8/h7-9,12H,2-6H2,1H3,(H,13,14,15). The van der Waals surface area contributed by atoms with E-state index in [1.807, 2.05) is 0 Å². The zero-order valence-electron chi connectivity index (χ0n) is 9.57. The van der Waals surface area contributed by atoms with Crippen molar-refractivity contribution in [3.05, 3.63) is 5.82 Å². The van der Waals surface area contributed by atoms with Gasteiger partial charge in [0, 0.05) is 29.5 Å². The number of hydrogen-bond acceptors (Lipinski definition) is 5. The van der Waals surface area contributed by atoms with E-state index in [4.69, 9.17) is 0 Å². The molecule has 0 spiro atoms. The van der Waals surface area contributed by atoms with Crippen molar-refractivity contribution in [3.63, 3.8) is 0 Å². The molecular formula is C11H18N4S. The van der Waals surface area contributed by atoms with Crippen LogP contribution in [0.3, 0.4) is 0 Å². The van der Waals surface area contributed by atoms with E-state index >= 15 is 0 Å². The SMILES string of the molecule is CC1CC(Nc2nc(C3CC3)ns2)CCN1. The molecule has 0 bridgehead atoms. The lowest BCUT2D eigenvalue weighted by atomic mass is 10.0. The Labute approximate surface area is 100 Å². The lowest BCUT2D eigenvalue weighted by Gasteiger charge is -2.28. The van der Waals surface area contributed by atoms with Crippen molar-refractivity contribution in [2.45, 2.75) is 50.6 Å². The Hall–Kier alpha value is -0.680. The van der Waals surface area contributed by atoms with Gasteiger partial charge in [0.15, 0.2) is 0 Å². The molecule has 2 atom stereocenters. The van der Waals surface area contributed by atoms with Crippen LogP contribution in [-0.4, -0.2) is 28.0 Å². The Morgan fingerprint density at radius 1 is 1.38 bits per heavy atom. The highest BCUT2D eigenvalue weighted by molar-refractivity contribution is 7.09. The molecule has 1 aliphatic heterocycles. The highest BCUT2D eigenvalue weighted by Gasteiger charge is 2.28. The Morgan fingerprint density at radius 3 is 3.00 bits per heavy atom. The molecule has 2 N–H and O–H groups in total. The summed E-state index contributed by atoms with van der Waals surface area (Å²) in [6, 6.07) is 1.18. The second kappa shape index (κ2) is 4.30. The summed E-state index contributed by atoms with van der Waals surface area (Å²) in [5.74, 6) is 1.73. The molecule has 2 aliphatic rings. The predicted octanol–water partition coefficient (Wildman–Crippen LogP) is 1.97. The maximum atomic E-state index is 4.57. The van der Waals surface area contributed by atoms with Gasteiger partial charge in [0.25, 0.3) is 0 Å². The van der Waals surface area contributed by atoms with Crippen molar-refractivity contribution in [1.82, 2.24) is 14.7 Å². The molecule has 1 aromatic heterocycles. The fourth-order valence-corrected chi connectivity index (χ4v) is 2.96. The first-order chi connectivity index (χ1) is 7.81. The van der Waals surface area contributed by atoms with Crippen molar-refractivity contribution >= 4 is 16.7 Å². The normalized spacial score (nSPS) is 30.3. The minimum absolute atomic E-state index is 0.566. The minimum Gasteiger partial charge on any atom is -0.357 e. The number of aromatic nitrogens is 2. The first-order valence-corrected chi connectivity index (χ1v) is 6.92. The minimum atomic E-state index is 0.566. The monoisotopic (exact) mass is 238 g/mol. The van der Waals surface area contributed by atoms with Crippen molar-refractivity contribution < 1.29 is 0 Å². The van der Waals surface area contributed by atoms with Gasteiger partial charge in [-0.3, -0.25) is 0 Å². The number of nitrogens with zero attached hydrogens (tertiary/aromatic N) is 2. The average Bonchev–Trinajstić information content (AvgIpc) is 3.01. The molecule has 0 radical (unpaired) electrons. The molecular weight excluding hydrogens is 220 g/mol. The predicted molar refractivity (Wildman–Crippen MR) is 66.0 cm³/mol. The molecule has 0 amide bonds. The zero-order chi connectivity index (χ0) is 11.0. The first-order valence-electron chi connectivity index (χ1n) is 6.15. The largest absolute Gasteiger partial charge is 0.357 e. The van der Waals surface area contributed by atoms with Gasteiger partial charge in [-0.2, -0.15) is 4.37 Å². The second-order valence-corrected chi connectivity index (χ2v) is 5.70. The zero-order valence-corrected chi connectivity index (χ0v) is 10.4. The molecule has 88 valence electrons. The number of anilines is 1. The molecule has 5 heteroatoms. The van der Waals surface area contributed by atoms with Crippen LogP contribution in [0, 0.1) is 0 Å². The highest BCUT2D eigenvalue weighted by Crippen LogP contribution is 2.39. The van der Waals surface area contributed by atoms with Crippen LogP contribution >= 0.6 is 11.5 Å². The molecule has 4 nitrogen and oxygen atoms in total. The van der Waals surface area contributed by atoms with E-state index in [0.29, 0.717) is 18.0 Å². The van der Waals surface area contributed by atoms with Gasteiger partial charge < -0.3 is 10.6 Å². The molecule has 1 saturated heterocycles. The Balaban J connectivity index is 1.59. The summed E-state index contributed by atoms with van der Waals surface area (Å²) < 4.78 is 4.42. The highest BCUT2D eigenvalue weighted by atomic mass is 32.1. The smallest absolute Gasteiger partial charge is 0.202 e. The summed E-state index contributed by atoms with van der Waals surface area (Å²) in [6.45, 7) is 3.34. The molecule has 1 saturated carbocycles. The van der Waals surface area contributed by atoms with Gasteiger partial charge in [-0.15, -0.1) is 0 Å². The van der Waals surface area contributed by atoms with Crippen LogP contribution < -0.4 is 10.6 Å². The molecule has 2 fully saturated rings. The van der Waals surface area contributed by atoms with Crippen molar-refractivity contribution in [2.24, 2.45) is 0 Å². The van der Waals surface area contributed by atoms with Gasteiger partial charge in [-0.25, -0.2) is 4.98 Å². The summed E-state index contributed by atoms with van der Waals surface area (Å²) in [7, 11) is 0. The van der Waals surface area contributed by atoms with E-state index in [1.165, 1.54) is 37.2 Å². The van der Waals surface area contributed by atoms with Gasteiger partial charge in [-0.1, -0.05) is 0 Å². The van der Waals surface area contributed by atoms with E-state index in [-0.39, 0.29) is 0 Å². The number of piperidine rings is 1. The van der Waals surface area contributed by atoms with E-state index in [0.717, 1.165) is 17.5 Å². The fraction of sp³-hybridized carbons (Fsp3) is 0.818. The summed E-state index contributed by atoms with van der Waals surface area (Å²) in [5, 5.41) is 7.99. The molecule has 1 aromatic rings. The first kappa shape index (κ1) is 10.5. The Kier molecular flexibility index (Phi) is 2.81. The van der Waals surface area contributed by atoms with Crippen molar-refractivity contribution in [3.8, 4) is 0 Å². The van der Waals surface area contributed by atoms with Gasteiger partial charge in [0.05, 0.1) is 0 Å². The van der Waals surface area contributed by atoms with Crippen molar-refractivity contribution in [2.75, 3.05) is 11.9 Å². The fourth-order valence-electron chi connectivity index (χ4n) is 2.24. The average molecular weight is 238 g/mol. The third-order valence-corrected chi connectivity index (χ3v) is 4.00. The number of nitrogens with one attached hydrogen (secondary N) is 2. The molecule has 2 heterocycles. The van der Waals surface area contributed by atoms with Crippen LogP contribution in [0.2, 0.25) is 0 Å². The Morgan fingerprint density at radius 2 is 2.25 bits per heavy atom. The van der Waals surface area contributed by atoms with E-state index in [2.05, 4.69) is 26.9 Å². The number of hydrogen-bond donors (Lipinski definition) is 2. The molecule has 3 rings (SSSR count). The Bertz CT molecular complexity index is 361. The van der Waals surface area contributed by atoms with Crippen LogP contribution in [-0.2, 0) is 0 Å². The lowest BCUT2D eigenvalue weighted by Crippen LogP contribution is -2.41. The van der Waals surface area contributed by atoms with Gasteiger partial charge in [0.2, 0.25) is 5.13 Å². The van der Waals surface area contributed by atoms with Gasteiger partial charge in [-0.05, 0) is 39.2 Å². The molecule has 0 aromatic carbocycles. The van der Waals surface area contributed by atoms with Crippen LogP contribution in [0.15, 0.2) is 0 Å². The molecule has 2 unspecified atom stereocenters.